The molecule has 94 valence electrons. The highest BCUT2D eigenvalue weighted by Gasteiger charge is 2.13. The number of imidazole rings is 1. The normalized spacial score (nSPS) is 11.5. The van der Waals surface area contributed by atoms with E-state index in [-0.39, 0.29) is 0 Å². The quantitative estimate of drug-likeness (QED) is 0.712. The molecule has 0 aromatic carbocycles. The van der Waals surface area contributed by atoms with E-state index in [9.17, 15) is 0 Å². The minimum absolute atomic E-state index is 0.700. The largest absolute Gasteiger partial charge is 0.328 e. The number of aryl methyl sites for hydroxylation is 3. The van der Waals surface area contributed by atoms with Crippen LogP contribution in [-0.4, -0.2) is 29.1 Å². The van der Waals surface area contributed by atoms with E-state index >= 15 is 0 Å². The number of rotatable bonds is 2. The predicted octanol–water partition coefficient (Wildman–Crippen LogP) is 1.52. The van der Waals surface area contributed by atoms with Crippen LogP contribution < -0.4 is 0 Å². The second kappa shape index (κ2) is 3.81. The fourth-order valence-electron chi connectivity index (χ4n) is 2.26. The van der Waals surface area contributed by atoms with Crippen LogP contribution >= 0.6 is 12.2 Å². The van der Waals surface area contributed by atoms with Crippen LogP contribution in [0.3, 0.4) is 0 Å². The van der Waals surface area contributed by atoms with Crippen LogP contribution in [0.4, 0.5) is 0 Å². The van der Waals surface area contributed by atoms with Gasteiger partial charge >= 0.3 is 0 Å². The molecule has 0 saturated carbocycles. The van der Waals surface area contributed by atoms with Crippen molar-refractivity contribution in [3.8, 4) is 0 Å². The molecule has 3 rings (SSSR count). The van der Waals surface area contributed by atoms with Crippen molar-refractivity contribution in [3.05, 3.63) is 28.4 Å². The first-order valence-electron chi connectivity index (χ1n) is 5.66. The number of hydrogen-bond acceptors (Lipinski definition) is 3. The number of aromatic amines is 1. The summed E-state index contributed by atoms with van der Waals surface area (Å²) in [7, 11) is 3.83. The smallest absolute Gasteiger partial charge is 0.179 e. The van der Waals surface area contributed by atoms with Crippen molar-refractivity contribution in [1.29, 1.82) is 0 Å². The first-order chi connectivity index (χ1) is 8.56. The lowest BCUT2D eigenvalue weighted by Crippen LogP contribution is -2.03. The zero-order chi connectivity index (χ0) is 12.9. The van der Waals surface area contributed by atoms with Crippen molar-refractivity contribution < 1.29 is 0 Å². The molecule has 0 bridgehead atoms. The average Bonchev–Trinajstić information content (AvgIpc) is 2.91. The summed E-state index contributed by atoms with van der Waals surface area (Å²) in [4.78, 5) is 3.21. The van der Waals surface area contributed by atoms with Crippen LogP contribution in [0.2, 0.25) is 0 Å². The summed E-state index contributed by atoms with van der Waals surface area (Å²) in [5.74, 6) is 0. The number of nitrogens with one attached hydrogen (secondary N) is 1. The Kier molecular flexibility index (Phi) is 2.37. The number of hydrogen-bond donors (Lipinski definition) is 1. The summed E-state index contributed by atoms with van der Waals surface area (Å²) in [5, 5.41) is 8.57. The molecule has 18 heavy (non-hydrogen) atoms. The van der Waals surface area contributed by atoms with Crippen molar-refractivity contribution in [2.45, 2.75) is 13.5 Å². The third-order valence-corrected chi connectivity index (χ3v) is 3.35. The van der Waals surface area contributed by atoms with Gasteiger partial charge in [-0.05, 0) is 19.1 Å². The Morgan fingerprint density at radius 1 is 1.39 bits per heavy atom. The molecule has 7 heteroatoms. The summed E-state index contributed by atoms with van der Waals surface area (Å²) in [6, 6.07) is 0. The predicted molar refractivity (Wildman–Crippen MR) is 70.9 cm³/mol. The average molecular weight is 262 g/mol. The van der Waals surface area contributed by atoms with Crippen LogP contribution in [0.25, 0.3) is 11.2 Å². The van der Waals surface area contributed by atoms with Gasteiger partial charge in [0, 0.05) is 25.9 Å². The Hall–Kier alpha value is -1.89. The number of aromatic nitrogens is 6. The molecule has 0 atom stereocenters. The van der Waals surface area contributed by atoms with E-state index in [1.54, 1.807) is 4.68 Å². The van der Waals surface area contributed by atoms with Crippen LogP contribution in [0.15, 0.2) is 12.4 Å². The summed E-state index contributed by atoms with van der Waals surface area (Å²) in [5.41, 5.74) is 4.10. The highest BCUT2D eigenvalue weighted by atomic mass is 32.1. The van der Waals surface area contributed by atoms with Crippen molar-refractivity contribution in [2.75, 3.05) is 0 Å². The van der Waals surface area contributed by atoms with E-state index in [4.69, 9.17) is 12.2 Å². The van der Waals surface area contributed by atoms with Crippen molar-refractivity contribution in [2.24, 2.45) is 14.1 Å². The molecule has 0 spiro atoms. The molecule has 1 N–H and O–H groups in total. The van der Waals surface area contributed by atoms with Crippen molar-refractivity contribution >= 4 is 23.4 Å². The molecule has 3 aromatic rings. The van der Waals surface area contributed by atoms with Gasteiger partial charge in [0.25, 0.3) is 0 Å². The topological polar surface area (TPSA) is 56.4 Å². The molecule has 0 aliphatic rings. The molecule has 3 aromatic heterocycles. The van der Waals surface area contributed by atoms with Gasteiger partial charge in [-0.3, -0.25) is 13.9 Å². The number of nitrogens with zero attached hydrogens (tertiary/aromatic N) is 5. The molecule has 0 aliphatic heterocycles. The SMILES string of the molecule is Cc1nn(C)c2c1[nH]c(=S)n2Cc1cnn(C)c1. The van der Waals surface area contributed by atoms with Gasteiger partial charge in [0.15, 0.2) is 10.4 Å². The van der Waals surface area contributed by atoms with Crippen LogP contribution in [0.1, 0.15) is 11.3 Å². The first kappa shape index (κ1) is 11.2. The Morgan fingerprint density at radius 2 is 2.17 bits per heavy atom. The van der Waals surface area contributed by atoms with Crippen molar-refractivity contribution in [1.82, 2.24) is 29.1 Å². The lowest BCUT2D eigenvalue weighted by atomic mass is 10.3. The number of H-pyrrole nitrogens is 1. The van der Waals surface area contributed by atoms with Crippen LogP contribution in [0.5, 0.6) is 0 Å². The molecule has 0 unspecified atom stereocenters. The molecular weight excluding hydrogens is 248 g/mol. The van der Waals surface area contributed by atoms with Crippen LogP contribution in [0, 0.1) is 11.7 Å². The van der Waals surface area contributed by atoms with Gasteiger partial charge in [-0.2, -0.15) is 10.2 Å². The van der Waals surface area contributed by atoms with E-state index in [1.807, 2.05) is 42.7 Å². The summed E-state index contributed by atoms with van der Waals surface area (Å²) in [6.07, 6.45) is 3.84. The number of fused-ring (bicyclic) bond motifs is 1. The molecule has 0 radical (unpaired) electrons. The van der Waals surface area contributed by atoms with Crippen molar-refractivity contribution in [3.63, 3.8) is 0 Å². The minimum Gasteiger partial charge on any atom is -0.328 e. The van der Waals surface area contributed by atoms with E-state index in [1.165, 1.54) is 0 Å². The third-order valence-electron chi connectivity index (χ3n) is 3.02. The molecule has 6 nitrogen and oxygen atoms in total. The summed E-state index contributed by atoms with van der Waals surface area (Å²) >= 11 is 5.37. The van der Waals surface area contributed by atoms with Gasteiger partial charge < -0.3 is 4.98 Å². The lowest BCUT2D eigenvalue weighted by Gasteiger charge is -2.02. The summed E-state index contributed by atoms with van der Waals surface area (Å²) in [6.45, 7) is 2.67. The van der Waals surface area contributed by atoms with E-state index in [0.717, 1.165) is 22.4 Å². The fourth-order valence-corrected chi connectivity index (χ4v) is 2.51. The molecule has 0 amide bonds. The summed E-state index contributed by atoms with van der Waals surface area (Å²) < 4.78 is 6.40. The highest BCUT2D eigenvalue weighted by Crippen LogP contribution is 2.18. The second-order valence-corrected chi connectivity index (χ2v) is 4.83. The van der Waals surface area contributed by atoms with Gasteiger partial charge in [0.2, 0.25) is 0 Å². The van der Waals surface area contributed by atoms with E-state index in [0.29, 0.717) is 11.3 Å². The zero-order valence-electron chi connectivity index (χ0n) is 10.5. The standard InChI is InChI=1S/C11H14N6S/c1-7-9-10(16(3)14-7)17(11(18)13-9)6-8-4-12-15(2)5-8/h4-5H,6H2,1-3H3,(H,13,18). The van der Waals surface area contributed by atoms with E-state index < -0.39 is 0 Å². The highest BCUT2D eigenvalue weighted by molar-refractivity contribution is 7.71. The lowest BCUT2D eigenvalue weighted by molar-refractivity contribution is 0.713. The van der Waals surface area contributed by atoms with E-state index in [2.05, 4.69) is 15.2 Å². The molecule has 0 aliphatic carbocycles. The minimum atomic E-state index is 0.700. The Balaban J connectivity index is 2.16. The molecular formula is C11H14N6S. The molecule has 0 saturated heterocycles. The van der Waals surface area contributed by atoms with Gasteiger partial charge in [0.05, 0.1) is 18.4 Å². The monoisotopic (exact) mass is 262 g/mol. The first-order valence-corrected chi connectivity index (χ1v) is 6.06. The van der Waals surface area contributed by atoms with Gasteiger partial charge in [0.1, 0.15) is 5.52 Å². The Labute approximate surface area is 109 Å². The fraction of sp³-hybridized carbons (Fsp3) is 0.364. The second-order valence-electron chi connectivity index (χ2n) is 4.45. The Morgan fingerprint density at radius 3 is 2.83 bits per heavy atom. The maximum Gasteiger partial charge on any atom is 0.179 e. The third kappa shape index (κ3) is 1.59. The van der Waals surface area contributed by atoms with Gasteiger partial charge in [-0.1, -0.05) is 0 Å². The molecule has 3 heterocycles. The maximum absolute atomic E-state index is 5.37. The molecule has 0 fully saturated rings. The maximum atomic E-state index is 5.37. The van der Waals surface area contributed by atoms with Gasteiger partial charge in [-0.15, -0.1) is 0 Å². The Bertz CT molecular complexity index is 771. The van der Waals surface area contributed by atoms with Gasteiger partial charge in [-0.25, -0.2) is 0 Å². The van der Waals surface area contributed by atoms with Crippen LogP contribution in [-0.2, 0) is 20.6 Å². The zero-order valence-corrected chi connectivity index (χ0v) is 11.3.